The van der Waals surface area contributed by atoms with E-state index < -0.39 is 0 Å². The van der Waals surface area contributed by atoms with Crippen molar-refractivity contribution in [1.82, 2.24) is 5.32 Å². The van der Waals surface area contributed by atoms with E-state index in [2.05, 4.69) is 35.1 Å². The molecule has 1 unspecified atom stereocenters. The van der Waals surface area contributed by atoms with Crippen molar-refractivity contribution >= 4 is 15.9 Å². The zero-order valence-corrected chi connectivity index (χ0v) is 8.58. The fourth-order valence-corrected chi connectivity index (χ4v) is 0.934. The minimum absolute atomic E-state index is 0.657. The maximum atomic E-state index is 3.57. The average molecular weight is 208 g/mol. The van der Waals surface area contributed by atoms with E-state index in [1.54, 1.807) is 0 Å². The summed E-state index contributed by atoms with van der Waals surface area (Å²) in [4.78, 5) is 0.657. The van der Waals surface area contributed by atoms with Gasteiger partial charge in [-0.3, -0.25) is 0 Å². The molecule has 0 amide bonds. The molecule has 1 atom stereocenters. The molecule has 1 N–H and O–H groups in total. The Morgan fingerprint density at radius 2 is 2.10 bits per heavy atom. The molecule has 10 heavy (non-hydrogen) atoms. The molecule has 0 aliphatic rings. The van der Waals surface area contributed by atoms with Crippen LogP contribution in [0.2, 0.25) is 0 Å². The second-order valence-electron chi connectivity index (χ2n) is 2.56. The van der Waals surface area contributed by atoms with Gasteiger partial charge in [0, 0.05) is 11.4 Å². The predicted octanol–water partition coefficient (Wildman–Crippen LogP) is 2.55. The van der Waals surface area contributed by atoms with Crippen molar-refractivity contribution in [1.29, 1.82) is 0 Å². The smallest absolute Gasteiger partial charge is 0.0268 e. The number of alkyl halides is 1. The number of halogens is 1. The first kappa shape index (κ1) is 10.4. The van der Waals surface area contributed by atoms with Gasteiger partial charge in [-0.25, -0.2) is 0 Å². The van der Waals surface area contributed by atoms with Crippen LogP contribution in [0.3, 0.4) is 0 Å². The van der Waals surface area contributed by atoms with Gasteiger partial charge in [-0.15, -0.1) is 0 Å². The number of nitrogens with one attached hydrogen (secondary N) is 1. The Labute approximate surface area is 72.7 Å². The molecule has 0 aliphatic carbocycles. The van der Waals surface area contributed by atoms with Crippen molar-refractivity contribution in [3.05, 3.63) is 0 Å². The van der Waals surface area contributed by atoms with Crippen molar-refractivity contribution in [2.24, 2.45) is 0 Å². The van der Waals surface area contributed by atoms with Crippen LogP contribution < -0.4 is 5.32 Å². The van der Waals surface area contributed by atoms with Gasteiger partial charge < -0.3 is 5.32 Å². The third-order valence-electron chi connectivity index (χ3n) is 1.52. The largest absolute Gasteiger partial charge is 0.316 e. The lowest BCUT2D eigenvalue weighted by Crippen LogP contribution is -2.23. The lowest BCUT2D eigenvalue weighted by molar-refractivity contribution is 0.623. The molecule has 0 spiro atoms. The second-order valence-corrected chi connectivity index (χ2v) is 3.86. The van der Waals surface area contributed by atoms with E-state index in [1.807, 2.05) is 0 Å². The summed E-state index contributed by atoms with van der Waals surface area (Å²) < 4.78 is 0. The van der Waals surface area contributed by atoms with Crippen LogP contribution in [0.4, 0.5) is 0 Å². The van der Waals surface area contributed by atoms with Crippen molar-refractivity contribution < 1.29 is 0 Å². The van der Waals surface area contributed by atoms with Crippen LogP contribution in [0.25, 0.3) is 0 Å². The molecule has 0 radical (unpaired) electrons. The lowest BCUT2D eigenvalue weighted by Gasteiger charge is -2.07. The molecule has 0 saturated heterocycles. The molecule has 62 valence electrons. The van der Waals surface area contributed by atoms with E-state index in [0.717, 1.165) is 6.54 Å². The minimum Gasteiger partial charge on any atom is -0.316 e. The Balaban J connectivity index is 2.89. The molecule has 0 saturated carbocycles. The van der Waals surface area contributed by atoms with Crippen LogP contribution in [0.5, 0.6) is 0 Å². The summed E-state index contributed by atoms with van der Waals surface area (Å²) >= 11 is 3.57. The zero-order valence-electron chi connectivity index (χ0n) is 6.99. The molecule has 0 aromatic rings. The van der Waals surface area contributed by atoms with Crippen molar-refractivity contribution in [3.63, 3.8) is 0 Å². The molecular weight excluding hydrogens is 190 g/mol. The Morgan fingerprint density at radius 1 is 1.40 bits per heavy atom. The topological polar surface area (TPSA) is 12.0 Å². The van der Waals surface area contributed by atoms with Gasteiger partial charge in [-0.1, -0.05) is 36.2 Å². The van der Waals surface area contributed by atoms with Gasteiger partial charge in [0.05, 0.1) is 0 Å². The van der Waals surface area contributed by atoms with Crippen LogP contribution in [-0.4, -0.2) is 17.9 Å². The monoisotopic (exact) mass is 207 g/mol. The van der Waals surface area contributed by atoms with Crippen LogP contribution in [0, 0.1) is 0 Å². The standard InChI is InChI=1S/C8H18BrN/c1-3-5-6-10-7-8(9)4-2/h8,10H,3-7H2,1-2H3. The molecule has 0 bridgehead atoms. The molecule has 0 heterocycles. The Morgan fingerprint density at radius 3 is 2.60 bits per heavy atom. The molecule has 2 heteroatoms. The zero-order chi connectivity index (χ0) is 7.82. The summed E-state index contributed by atoms with van der Waals surface area (Å²) in [5, 5.41) is 3.39. The minimum atomic E-state index is 0.657. The van der Waals surface area contributed by atoms with Crippen LogP contribution in [0.1, 0.15) is 33.1 Å². The third kappa shape index (κ3) is 6.56. The lowest BCUT2D eigenvalue weighted by atomic mass is 10.3. The van der Waals surface area contributed by atoms with E-state index in [9.17, 15) is 0 Å². The van der Waals surface area contributed by atoms with E-state index in [0.29, 0.717) is 4.83 Å². The maximum absolute atomic E-state index is 3.57. The number of rotatable bonds is 6. The van der Waals surface area contributed by atoms with Crippen molar-refractivity contribution in [2.75, 3.05) is 13.1 Å². The Bertz CT molecular complexity index is 66.3. The molecule has 0 rings (SSSR count). The third-order valence-corrected chi connectivity index (χ3v) is 2.49. The molecule has 0 fully saturated rings. The normalized spacial score (nSPS) is 13.5. The van der Waals surface area contributed by atoms with Crippen LogP contribution >= 0.6 is 15.9 Å². The number of unbranched alkanes of at least 4 members (excludes halogenated alkanes) is 1. The van der Waals surface area contributed by atoms with E-state index >= 15 is 0 Å². The van der Waals surface area contributed by atoms with Gasteiger partial charge in [-0.2, -0.15) is 0 Å². The first-order valence-electron chi connectivity index (χ1n) is 4.16. The summed E-state index contributed by atoms with van der Waals surface area (Å²) in [7, 11) is 0. The fourth-order valence-electron chi connectivity index (χ4n) is 0.705. The Hall–Kier alpha value is 0.440. The molecular formula is C8H18BrN. The fraction of sp³-hybridized carbons (Fsp3) is 1.00. The number of hydrogen-bond donors (Lipinski definition) is 1. The summed E-state index contributed by atoms with van der Waals surface area (Å²) in [6.07, 6.45) is 3.79. The summed E-state index contributed by atoms with van der Waals surface area (Å²) in [6.45, 7) is 6.68. The first-order chi connectivity index (χ1) is 4.81. The first-order valence-corrected chi connectivity index (χ1v) is 5.07. The SMILES string of the molecule is CCCCNCC(Br)CC. The quantitative estimate of drug-likeness (QED) is 0.522. The van der Waals surface area contributed by atoms with Crippen molar-refractivity contribution in [3.8, 4) is 0 Å². The highest BCUT2D eigenvalue weighted by Gasteiger charge is 1.97. The Kier molecular flexibility index (Phi) is 7.88. The van der Waals surface area contributed by atoms with Gasteiger partial charge in [0.1, 0.15) is 0 Å². The second kappa shape index (κ2) is 7.55. The summed E-state index contributed by atoms with van der Waals surface area (Å²) in [6, 6.07) is 0. The van der Waals surface area contributed by atoms with Gasteiger partial charge in [0.25, 0.3) is 0 Å². The van der Waals surface area contributed by atoms with E-state index in [1.165, 1.54) is 25.8 Å². The van der Waals surface area contributed by atoms with E-state index in [4.69, 9.17) is 0 Å². The highest BCUT2D eigenvalue weighted by molar-refractivity contribution is 9.09. The highest BCUT2D eigenvalue weighted by Crippen LogP contribution is 2.01. The summed E-state index contributed by atoms with van der Waals surface area (Å²) in [5.74, 6) is 0. The van der Waals surface area contributed by atoms with Crippen LogP contribution in [0.15, 0.2) is 0 Å². The van der Waals surface area contributed by atoms with Gasteiger partial charge in [0.15, 0.2) is 0 Å². The van der Waals surface area contributed by atoms with Crippen molar-refractivity contribution in [2.45, 2.75) is 37.9 Å². The average Bonchev–Trinajstić information content (AvgIpc) is 1.98. The molecule has 0 aromatic carbocycles. The van der Waals surface area contributed by atoms with E-state index in [-0.39, 0.29) is 0 Å². The highest BCUT2D eigenvalue weighted by atomic mass is 79.9. The molecule has 0 aromatic heterocycles. The summed E-state index contributed by atoms with van der Waals surface area (Å²) in [5.41, 5.74) is 0. The molecule has 1 nitrogen and oxygen atoms in total. The maximum Gasteiger partial charge on any atom is 0.0268 e. The van der Waals surface area contributed by atoms with Crippen LogP contribution in [-0.2, 0) is 0 Å². The van der Waals surface area contributed by atoms with Gasteiger partial charge in [0.2, 0.25) is 0 Å². The number of hydrogen-bond acceptors (Lipinski definition) is 1. The van der Waals surface area contributed by atoms with Gasteiger partial charge >= 0.3 is 0 Å². The van der Waals surface area contributed by atoms with Gasteiger partial charge in [-0.05, 0) is 19.4 Å². The predicted molar refractivity (Wildman–Crippen MR) is 50.8 cm³/mol. The molecule has 0 aliphatic heterocycles.